The van der Waals surface area contributed by atoms with Crippen LogP contribution in [0.1, 0.15) is 52.9 Å². The van der Waals surface area contributed by atoms with Gasteiger partial charge in [-0.05, 0) is 53.2 Å². The largest absolute Gasteiger partial charge is 0.323 e. The summed E-state index contributed by atoms with van der Waals surface area (Å²) in [5.41, 5.74) is 0. The third kappa shape index (κ3) is 5.59. The zero-order chi connectivity index (χ0) is 15.5. The van der Waals surface area contributed by atoms with Crippen LogP contribution in [0.2, 0.25) is 0 Å². The van der Waals surface area contributed by atoms with E-state index in [1.54, 1.807) is 11.8 Å². The van der Waals surface area contributed by atoms with Crippen LogP contribution in [0.15, 0.2) is 0 Å². The fraction of sp³-hybridized carbons (Fsp3) is 0.867. The number of amides is 1. The number of carbonyl (C=O) groups excluding carboxylic acids is 2. The molecular formula is C15H31N3O2. The van der Waals surface area contributed by atoms with Crippen molar-refractivity contribution >= 4 is 11.7 Å². The summed E-state index contributed by atoms with van der Waals surface area (Å²) in [4.78, 5) is 25.2. The highest BCUT2D eigenvalue weighted by Crippen LogP contribution is 2.23. The van der Waals surface area contributed by atoms with Gasteiger partial charge < -0.3 is 10.2 Å². The molecule has 0 radical (unpaired) electrons. The molecule has 5 nitrogen and oxygen atoms in total. The summed E-state index contributed by atoms with van der Waals surface area (Å²) >= 11 is 0. The number of ketones is 1. The van der Waals surface area contributed by atoms with E-state index in [2.05, 4.69) is 10.6 Å². The Balaban J connectivity index is 0.000000641. The SMILES string of the molecule is CC.CC(=O)C1CCNC2CCCCC(=O)N21.CNC. The summed E-state index contributed by atoms with van der Waals surface area (Å²) in [6.45, 7) is 6.43. The Hall–Kier alpha value is -0.940. The third-order valence-corrected chi connectivity index (χ3v) is 3.34. The van der Waals surface area contributed by atoms with Crippen molar-refractivity contribution in [1.29, 1.82) is 0 Å². The maximum atomic E-state index is 11.9. The van der Waals surface area contributed by atoms with Crippen molar-refractivity contribution in [3.8, 4) is 0 Å². The van der Waals surface area contributed by atoms with E-state index in [1.807, 2.05) is 27.9 Å². The minimum atomic E-state index is -0.179. The van der Waals surface area contributed by atoms with Gasteiger partial charge in [-0.1, -0.05) is 13.8 Å². The normalized spacial score (nSPS) is 25.2. The Kier molecular flexibility index (Phi) is 10.3. The Morgan fingerprint density at radius 2 is 1.85 bits per heavy atom. The smallest absolute Gasteiger partial charge is 0.224 e. The molecule has 0 aliphatic carbocycles. The van der Waals surface area contributed by atoms with E-state index in [-0.39, 0.29) is 23.9 Å². The zero-order valence-electron chi connectivity index (χ0n) is 13.7. The van der Waals surface area contributed by atoms with E-state index < -0.39 is 0 Å². The number of carbonyl (C=O) groups is 2. The highest BCUT2D eigenvalue weighted by atomic mass is 16.2. The third-order valence-electron chi connectivity index (χ3n) is 3.34. The number of nitrogens with one attached hydrogen (secondary N) is 2. The Morgan fingerprint density at radius 1 is 1.25 bits per heavy atom. The standard InChI is InChI=1S/C11H18N2O2.C2H7N.C2H6/c1-8(14)9-6-7-12-10-4-2-3-5-11(15)13(9)10;1-3-2;1-2/h9-10,12H,2-7H2,1H3;3H,1-2H3;1-2H3. The lowest BCUT2D eigenvalue weighted by Gasteiger charge is -2.40. The summed E-state index contributed by atoms with van der Waals surface area (Å²) in [5.74, 6) is 0.265. The van der Waals surface area contributed by atoms with Crippen molar-refractivity contribution in [1.82, 2.24) is 15.5 Å². The minimum Gasteiger partial charge on any atom is -0.323 e. The van der Waals surface area contributed by atoms with Crippen LogP contribution < -0.4 is 10.6 Å². The first-order chi connectivity index (χ1) is 9.61. The lowest BCUT2D eigenvalue weighted by Crippen LogP contribution is -2.59. The topological polar surface area (TPSA) is 61.4 Å². The van der Waals surface area contributed by atoms with Crippen molar-refractivity contribution in [2.75, 3.05) is 20.6 Å². The maximum Gasteiger partial charge on any atom is 0.224 e. The maximum absolute atomic E-state index is 11.9. The molecule has 2 heterocycles. The molecule has 2 fully saturated rings. The quantitative estimate of drug-likeness (QED) is 0.767. The predicted molar refractivity (Wildman–Crippen MR) is 82.5 cm³/mol. The van der Waals surface area contributed by atoms with Crippen molar-refractivity contribution in [2.45, 2.75) is 65.1 Å². The summed E-state index contributed by atoms with van der Waals surface area (Å²) < 4.78 is 0. The van der Waals surface area contributed by atoms with Crippen LogP contribution in [0, 0.1) is 0 Å². The molecule has 0 saturated carbocycles. The van der Waals surface area contributed by atoms with E-state index in [0.29, 0.717) is 6.42 Å². The first-order valence-electron chi connectivity index (χ1n) is 7.75. The molecule has 2 unspecified atom stereocenters. The molecule has 2 aliphatic heterocycles. The summed E-state index contributed by atoms with van der Waals surface area (Å²) in [5, 5.41) is 6.08. The van der Waals surface area contributed by atoms with Crippen molar-refractivity contribution < 1.29 is 9.59 Å². The van der Waals surface area contributed by atoms with E-state index in [9.17, 15) is 9.59 Å². The molecule has 2 saturated heterocycles. The van der Waals surface area contributed by atoms with E-state index in [0.717, 1.165) is 32.2 Å². The predicted octanol–water partition coefficient (Wildman–Crippen LogP) is 1.53. The Labute approximate surface area is 123 Å². The molecule has 0 spiro atoms. The highest BCUT2D eigenvalue weighted by Gasteiger charge is 2.36. The van der Waals surface area contributed by atoms with Crippen LogP contribution in [0.5, 0.6) is 0 Å². The summed E-state index contributed by atoms with van der Waals surface area (Å²) in [7, 11) is 3.75. The number of nitrogens with zero attached hydrogens (tertiary/aromatic N) is 1. The van der Waals surface area contributed by atoms with Crippen LogP contribution in [0.25, 0.3) is 0 Å². The Bertz CT molecular complexity index is 295. The molecule has 0 aromatic heterocycles. The average Bonchev–Trinajstić information content (AvgIpc) is 2.64. The fourth-order valence-corrected chi connectivity index (χ4v) is 2.57. The summed E-state index contributed by atoms with van der Waals surface area (Å²) in [6.07, 6.45) is 4.47. The molecule has 0 aromatic rings. The van der Waals surface area contributed by atoms with Crippen molar-refractivity contribution in [2.24, 2.45) is 0 Å². The molecule has 0 aromatic carbocycles. The van der Waals surface area contributed by atoms with Gasteiger partial charge in [-0.15, -0.1) is 0 Å². The lowest BCUT2D eigenvalue weighted by atomic mass is 10.0. The molecular weight excluding hydrogens is 254 g/mol. The van der Waals surface area contributed by atoms with Gasteiger partial charge in [-0.3, -0.25) is 14.9 Å². The van der Waals surface area contributed by atoms with Gasteiger partial charge in [0.15, 0.2) is 5.78 Å². The fourth-order valence-electron chi connectivity index (χ4n) is 2.57. The van der Waals surface area contributed by atoms with Crippen molar-refractivity contribution in [3.05, 3.63) is 0 Å². The lowest BCUT2D eigenvalue weighted by molar-refractivity contribution is -0.144. The van der Waals surface area contributed by atoms with Gasteiger partial charge >= 0.3 is 0 Å². The van der Waals surface area contributed by atoms with Gasteiger partial charge in [0.25, 0.3) is 0 Å². The van der Waals surface area contributed by atoms with Crippen LogP contribution >= 0.6 is 0 Å². The van der Waals surface area contributed by atoms with E-state index in [4.69, 9.17) is 0 Å². The molecule has 118 valence electrons. The number of hydrogen-bond acceptors (Lipinski definition) is 4. The van der Waals surface area contributed by atoms with Gasteiger partial charge in [-0.2, -0.15) is 0 Å². The molecule has 2 aliphatic rings. The second-order valence-electron chi connectivity index (χ2n) is 4.93. The molecule has 20 heavy (non-hydrogen) atoms. The van der Waals surface area contributed by atoms with E-state index >= 15 is 0 Å². The second kappa shape index (κ2) is 10.8. The van der Waals surface area contributed by atoms with Gasteiger partial charge in [-0.25, -0.2) is 0 Å². The Morgan fingerprint density at radius 3 is 2.40 bits per heavy atom. The van der Waals surface area contributed by atoms with Crippen LogP contribution in [0.3, 0.4) is 0 Å². The monoisotopic (exact) mass is 285 g/mol. The van der Waals surface area contributed by atoms with Gasteiger partial charge in [0.05, 0.1) is 12.2 Å². The second-order valence-corrected chi connectivity index (χ2v) is 4.93. The first kappa shape index (κ1) is 19.1. The molecule has 1 amide bonds. The zero-order valence-corrected chi connectivity index (χ0v) is 13.7. The van der Waals surface area contributed by atoms with Crippen molar-refractivity contribution in [3.63, 3.8) is 0 Å². The van der Waals surface area contributed by atoms with E-state index in [1.165, 1.54) is 0 Å². The van der Waals surface area contributed by atoms with Crippen LogP contribution in [-0.2, 0) is 9.59 Å². The number of hydrogen-bond donors (Lipinski definition) is 2. The number of Topliss-reactive ketones (excluding diaryl/α,β-unsaturated/α-hetero) is 1. The molecule has 2 rings (SSSR count). The van der Waals surface area contributed by atoms with Crippen LogP contribution in [-0.4, -0.2) is 49.4 Å². The first-order valence-corrected chi connectivity index (χ1v) is 7.75. The number of rotatable bonds is 1. The number of fused-ring (bicyclic) bond motifs is 1. The highest BCUT2D eigenvalue weighted by molar-refractivity contribution is 5.88. The summed E-state index contributed by atoms with van der Waals surface area (Å²) in [6, 6.07) is -0.179. The molecule has 2 atom stereocenters. The van der Waals surface area contributed by atoms with Gasteiger partial charge in [0, 0.05) is 6.42 Å². The molecule has 2 N–H and O–H groups in total. The van der Waals surface area contributed by atoms with Crippen LogP contribution in [0.4, 0.5) is 0 Å². The van der Waals surface area contributed by atoms with Gasteiger partial charge in [0.2, 0.25) is 5.91 Å². The molecule has 0 bridgehead atoms. The average molecular weight is 285 g/mol. The van der Waals surface area contributed by atoms with Gasteiger partial charge in [0.1, 0.15) is 0 Å². The molecule has 5 heteroatoms. The minimum absolute atomic E-state index is 0.0997.